The second-order valence-electron chi connectivity index (χ2n) is 5.65. The molecule has 2 aromatic heterocycles. The molecule has 1 saturated carbocycles. The molecule has 1 unspecified atom stereocenters. The second kappa shape index (κ2) is 4.97. The first-order valence-electron chi connectivity index (χ1n) is 7.26. The molecule has 1 N–H and O–H groups in total. The first-order chi connectivity index (χ1) is 10.3. The van der Waals surface area contributed by atoms with E-state index in [1.807, 2.05) is 42.5 Å². The van der Waals surface area contributed by atoms with E-state index in [1.165, 1.54) is 0 Å². The summed E-state index contributed by atoms with van der Waals surface area (Å²) in [6.45, 7) is 0. The minimum Gasteiger partial charge on any atom is -0.440 e. The molecule has 1 atom stereocenters. The molecule has 3 aromatic rings. The van der Waals surface area contributed by atoms with Gasteiger partial charge in [0.25, 0.3) is 0 Å². The van der Waals surface area contributed by atoms with Crippen LogP contribution in [0.3, 0.4) is 0 Å². The SMILES string of the molecule is OC(c1ccccn1)C1CC(c2nc3ccccc3o2)C1. The van der Waals surface area contributed by atoms with Crippen LogP contribution in [0.1, 0.15) is 36.4 Å². The Morgan fingerprint density at radius 3 is 2.67 bits per heavy atom. The van der Waals surface area contributed by atoms with Crippen LogP contribution in [0.25, 0.3) is 11.1 Å². The molecule has 21 heavy (non-hydrogen) atoms. The Labute approximate surface area is 122 Å². The van der Waals surface area contributed by atoms with E-state index in [2.05, 4.69) is 9.97 Å². The molecule has 0 spiro atoms. The van der Waals surface area contributed by atoms with Gasteiger partial charge in [-0.25, -0.2) is 4.98 Å². The van der Waals surface area contributed by atoms with Crippen molar-refractivity contribution in [1.82, 2.24) is 9.97 Å². The van der Waals surface area contributed by atoms with E-state index in [-0.39, 0.29) is 5.92 Å². The molecule has 1 fully saturated rings. The third-order valence-electron chi connectivity index (χ3n) is 4.27. The van der Waals surface area contributed by atoms with Crippen molar-refractivity contribution in [1.29, 1.82) is 0 Å². The molecular formula is C17H16N2O2. The number of oxazole rings is 1. The fourth-order valence-electron chi connectivity index (χ4n) is 2.98. The van der Waals surface area contributed by atoms with Crippen LogP contribution in [0.4, 0.5) is 0 Å². The van der Waals surface area contributed by atoms with E-state index in [0.717, 1.165) is 35.5 Å². The van der Waals surface area contributed by atoms with Crippen molar-refractivity contribution in [2.24, 2.45) is 5.92 Å². The van der Waals surface area contributed by atoms with E-state index in [0.29, 0.717) is 5.92 Å². The van der Waals surface area contributed by atoms with Gasteiger partial charge in [0, 0.05) is 12.1 Å². The van der Waals surface area contributed by atoms with Crippen molar-refractivity contribution in [3.63, 3.8) is 0 Å². The lowest BCUT2D eigenvalue weighted by Gasteiger charge is -2.36. The average Bonchev–Trinajstić information content (AvgIpc) is 2.90. The van der Waals surface area contributed by atoms with Gasteiger partial charge in [0.1, 0.15) is 5.52 Å². The predicted molar refractivity (Wildman–Crippen MR) is 78.7 cm³/mol. The van der Waals surface area contributed by atoms with Crippen molar-refractivity contribution < 1.29 is 9.52 Å². The highest BCUT2D eigenvalue weighted by Crippen LogP contribution is 2.47. The lowest BCUT2D eigenvalue weighted by atomic mass is 9.71. The maximum atomic E-state index is 10.3. The molecule has 4 nitrogen and oxygen atoms in total. The van der Waals surface area contributed by atoms with Crippen molar-refractivity contribution in [3.8, 4) is 0 Å². The molecule has 4 heteroatoms. The molecule has 0 bridgehead atoms. The van der Waals surface area contributed by atoms with Gasteiger partial charge in [-0.15, -0.1) is 0 Å². The third kappa shape index (κ3) is 2.21. The molecular weight excluding hydrogens is 264 g/mol. The van der Waals surface area contributed by atoms with E-state index in [4.69, 9.17) is 4.42 Å². The third-order valence-corrected chi connectivity index (χ3v) is 4.27. The zero-order valence-electron chi connectivity index (χ0n) is 11.5. The molecule has 0 radical (unpaired) electrons. The van der Waals surface area contributed by atoms with Crippen LogP contribution in [0, 0.1) is 5.92 Å². The van der Waals surface area contributed by atoms with Crippen LogP contribution < -0.4 is 0 Å². The molecule has 106 valence electrons. The van der Waals surface area contributed by atoms with E-state index in [1.54, 1.807) is 6.20 Å². The summed E-state index contributed by atoms with van der Waals surface area (Å²) in [5.41, 5.74) is 2.49. The minimum atomic E-state index is -0.494. The predicted octanol–water partition coefficient (Wildman–Crippen LogP) is 3.45. The average molecular weight is 280 g/mol. The van der Waals surface area contributed by atoms with Crippen molar-refractivity contribution in [2.45, 2.75) is 24.9 Å². The molecule has 1 aromatic carbocycles. The Balaban J connectivity index is 1.47. The molecule has 0 aliphatic heterocycles. The second-order valence-corrected chi connectivity index (χ2v) is 5.65. The molecule has 2 heterocycles. The summed E-state index contributed by atoms with van der Waals surface area (Å²) in [4.78, 5) is 8.76. The Hall–Kier alpha value is -2.20. The summed E-state index contributed by atoms with van der Waals surface area (Å²) < 4.78 is 5.80. The van der Waals surface area contributed by atoms with Gasteiger partial charge >= 0.3 is 0 Å². The highest BCUT2D eigenvalue weighted by atomic mass is 16.3. The van der Waals surface area contributed by atoms with Crippen molar-refractivity contribution in [2.75, 3.05) is 0 Å². The summed E-state index contributed by atoms with van der Waals surface area (Å²) in [6, 6.07) is 13.4. The highest BCUT2D eigenvalue weighted by molar-refractivity contribution is 5.72. The molecule has 1 aliphatic rings. The summed E-state index contributed by atoms with van der Waals surface area (Å²) >= 11 is 0. The van der Waals surface area contributed by atoms with Gasteiger partial charge in [-0.05, 0) is 43.0 Å². The number of hydrogen-bond acceptors (Lipinski definition) is 4. The van der Waals surface area contributed by atoms with E-state index < -0.39 is 6.10 Å². The monoisotopic (exact) mass is 280 g/mol. The normalized spacial score (nSPS) is 22.9. The maximum Gasteiger partial charge on any atom is 0.198 e. The summed E-state index contributed by atoms with van der Waals surface area (Å²) in [5, 5.41) is 10.3. The van der Waals surface area contributed by atoms with Crippen LogP contribution in [-0.4, -0.2) is 15.1 Å². The van der Waals surface area contributed by atoms with Gasteiger partial charge < -0.3 is 9.52 Å². The van der Waals surface area contributed by atoms with E-state index in [9.17, 15) is 5.11 Å². The van der Waals surface area contributed by atoms with Gasteiger partial charge in [-0.3, -0.25) is 4.98 Å². The Kier molecular flexibility index (Phi) is 2.97. The zero-order chi connectivity index (χ0) is 14.2. The van der Waals surface area contributed by atoms with Crippen LogP contribution in [-0.2, 0) is 0 Å². The van der Waals surface area contributed by atoms with Gasteiger partial charge in [0.15, 0.2) is 11.5 Å². The molecule has 0 amide bonds. The standard InChI is InChI=1S/C17H16N2O2/c20-16(14-6-3-4-8-18-14)11-9-12(10-11)17-19-13-5-1-2-7-15(13)21-17/h1-8,11-12,16,20H,9-10H2. The number of rotatable bonds is 3. The fourth-order valence-corrected chi connectivity index (χ4v) is 2.98. The number of nitrogens with zero attached hydrogens (tertiary/aromatic N) is 2. The van der Waals surface area contributed by atoms with Gasteiger partial charge in [-0.2, -0.15) is 0 Å². The van der Waals surface area contributed by atoms with Crippen LogP contribution in [0.15, 0.2) is 53.1 Å². The smallest absolute Gasteiger partial charge is 0.198 e. The number of benzene rings is 1. The van der Waals surface area contributed by atoms with Gasteiger partial charge in [0.05, 0.1) is 11.8 Å². The fraction of sp³-hybridized carbons (Fsp3) is 0.294. The zero-order valence-corrected chi connectivity index (χ0v) is 11.5. The number of aliphatic hydroxyl groups excluding tert-OH is 1. The number of fused-ring (bicyclic) bond motifs is 1. The van der Waals surface area contributed by atoms with Crippen molar-refractivity contribution in [3.05, 3.63) is 60.2 Å². The van der Waals surface area contributed by atoms with Gasteiger partial charge in [-0.1, -0.05) is 18.2 Å². The maximum absolute atomic E-state index is 10.3. The Morgan fingerprint density at radius 1 is 1.10 bits per heavy atom. The lowest BCUT2D eigenvalue weighted by molar-refractivity contribution is 0.0400. The Bertz CT molecular complexity index is 715. The number of hydrogen-bond donors (Lipinski definition) is 1. The van der Waals surface area contributed by atoms with E-state index >= 15 is 0 Å². The van der Waals surface area contributed by atoms with Crippen LogP contribution in [0.5, 0.6) is 0 Å². The lowest BCUT2D eigenvalue weighted by Crippen LogP contribution is -2.28. The van der Waals surface area contributed by atoms with Crippen LogP contribution >= 0.6 is 0 Å². The minimum absolute atomic E-state index is 0.236. The van der Waals surface area contributed by atoms with Gasteiger partial charge in [0.2, 0.25) is 0 Å². The quantitative estimate of drug-likeness (QED) is 0.798. The summed E-state index contributed by atoms with van der Waals surface area (Å²) in [5.74, 6) is 1.33. The molecule has 0 saturated heterocycles. The largest absolute Gasteiger partial charge is 0.440 e. The summed E-state index contributed by atoms with van der Waals surface area (Å²) in [6.07, 6.45) is 3.01. The molecule has 4 rings (SSSR count). The topological polar surface area (TPSA) is 59.2 Å². The first kappa shape index (κ1) is 12.5. The van der Waals surface area contributed by atoms with Crippen molar-refractivity contribution >= 4 is 11.1 Å². The molecule has 1 aliphatic carbocycles. The van der Waals surface area contributed by atoms with Crippen LogP contribution in [0.2, 0.25) is 0 Å². The number of para-hydroxylation sites is 2. The highest BCUT2D eigenvalue weighted by Gasteiger charge is 2.38. The first-order valence-corrected chi connectivity index (χ1v) is 7.26. The number of aliphatic hydroxyl groups is 1. The Morgan fingerprint density at radius 2 is 1.90 bits per heavy atom. The number of pyridine rings is 1. The number of aromatic nitrogens is 2. The summed E-state index contributed by atoms with van der Waals surface area (Å²) in [7, 11) is 0.